The smallest absolute Gasteiger partial charge is 0.175 e. The molecule has 146 valence electrons. The molecule has 0 saturated heterocycles. The number of aromatic nitrogens is 2. The number of anilines is 2. The van der Waals surface area contributed by atoms with E-state index in [2.05, 4.69) is 15.7 Å². The largest absolute Gasteiger partial charge is 0.497 e. The number of nitrogens with one attached hydrogen (secondary N) is 2. The molecule has 28 heavy (non-hydrogen) atoms. The zero-order chi connectivity index (χ0) is 20.3. The van der Waals surface area contributed by atoms with E-state index in [1.54, 1.807) is 7.11 Å². The van der Waals surface area contributed by atoms with Crippen LogP contribution in [0.25, 0.3) is 0 Å². The van der Waals surface area contributed by atoms with E-state index in [0.29, 0.717) is 21.7 Å². The van der Waals surface area contributed by atoms with Crippen molar-refractivity contribution in [2.75, 3.05) is 17.7 Å². The lowest BCUT2D eigenvalue weighted by Crippen LogP contribution is -2.20. The maximum atomic E-state index is 6.30. The zero-order valence-corrected chi connectivity index (χ0v) is 18.0. The topological polar surface area (TPSA) is 51.1 Å². The molecule has 1 heterocycles. The average Bonchev–Trinajstić information content (AvgIpc) is 2.92. The van der Waals surface area contributed by atoms with E-state index in [1.807, 2.05) is 61.0 Å². The normalized spacial score (nSPS) is 10.6. The van der Waals surface area contributed by atoms with E-state index in [-0.39, 0.29) is 0 Å². The van der Waals surface area contributed by atoms with Gasteiger partial charge in [0, 0.05) is 27.4 Å². The highest BCUT2D eigenvalue weighted by atomic mass is 35.5. The molecule has 0 unspecified atom stereocenters. The van der Waals surface area contributed by atoms with Gasteiger partial charge in [-0.1, -0.05) is 35.3 Å². The Hall–Kier alpha value is -2.28. The third-order valence-corrected chi connectivity index (χ3v) is 5.23. The highest BCUT2D eigenvalue weighted by molar-refractivity contribution is 7.80. The van der Waals surface area contributed by atoms with Crippen molar-refractivity contribution in [3.8, 4) is 5.75 Å². The van der Waals surface area contributed by atoms with E-state index >= 15 is 0 Å². The van der Waals surface area contributed by atoms with Gasteiger partial charge in [-0.3, -0.25) is 4.68 Å². The summed E-state index contributed by atoms with van der Waals surface area (Å²) in [7, 11) is 1.63. The van der Waals surface area contributed by atoms with Crippen LogP contribution in [0.15, 0.2) is 42.5 Å². The third kappa shape index (κ3) is 4.58. The van der Waals surface area contributed by atoms with E-state index in [9.17, 15) is 0 Å². The first kappa shape index (κ1) is 20.5. The SMILES string of the molecule is COc1cccc(NC(=S)Nc2c(C)nn(Cc3c(Cl)cccc3Cl)c2C)c1. The number of halogens is 2. The predicted molar refractivity (Wildman–Crippen MR) is 120 cm³/mol. The second kappa shape index (κ2) is 8.82. The average molecular weight is 435 g/mol. The van der Waals surface area contributed by atoms with Crippen LogP contribution in [-0.4, -0.2) is 22.0 Å². The number of rotatable bonds is 5. The Morgan fingerprint density at radius 2 is 1.79 bits per heavy atom. The monoisotopic (exact) mass is 434 g/mol. The number of ether oxygens (including phenoxy) is 1. The van der Waals surface area contributed by atoms with Crippen molar-refractivity contribution >= 4 is 51.9 Å². The molecule has 3 rings (SSSR count). The van der Waals surface area contributed by atoms with Gasteiger partial charge in [0.05, 0.1) is 30.7 Å². The fourth-order valence-electron chi connectivity index (χ4n) is 2.84. The fourth-order valence-corrected chi connectivity index (χ4v) is 3.58. The number of hydrogen-bond acceptors (Lipinski definition) is 3. The van der Waals surface area contributed by atoms with Gasteiger partial charge < -0.3 is 15.4 Å². The number of nitrogens with zero attached hydrogens (tertiary/aromatic N) is 2. The zero-order valence-electron chi connectivity index (χ0n) is 15.7. The first-order valence-corrected chi connectivity index (χ1v) is 9.74. The molecule has 3 aromatic rings. The van der Waals surface area contributed by atoms with Gasteiger partial charge in [-0.05, 0) is 50.3 Å². The van der Waals surface area contributed by atoms with Gasteiger partial charge in [-0.25, -0.2) is 0 Å². The van der Waals surface area contributed by atoms with Gasteiger partial charge in [0.2, 0.25) is 0 Å². The van der Waals surface area contributed by atoms with Crippen LogP contribution in [0, 0.1) is 13.8 Å². The number of benzene rings is 2. The number of aryl methyl sites for hydroxylation is 1. The number of hydrogen-bond donors (Lipinski definition) is 2. The minimum Gasteiger partial charge on any atom is -0.497 e. The Labute approximate surface area is 179 Å². The summed E-state index contributed by atoms with van der Waals surface area (Å²) in [6, 6.07) is 13.0. The van der Waals surface area contributed by atoms with Crippen molar-refractivity contribution in [3.05, 3.63) is 69.5 Å². The standard InChI is InChI=1S/C20H20Cl2N4OS/c1-12-19(24-20(28)23-14-6-4-7-15(10-14)27-3)13(2)26(25-12)11-16-17(21)8-5-9-18(16)22/h4-10H,11H2,1-3H3,(H2,23,24,28). The molecule has 2 aromatic carbocycles. The van der Waals surface area contributed by atoms with Crippen LogP contribution in [0.4, 0.5) is 11.4 Å². The lowest BCUT2D eigenvalue weighted by Gasteiger charge is -2.12. The molecule has 8 heteroatoms. The van der Waals surface area contributed by atoms with Gasteiger partial charge in [0.1, 0.15) is 5.75 Å². The van der Waals surface area contributed by atoms with Crippen molar-refractivity contribution in [3.63, 3.8) is 0 Å². The Balaban J connectivity index is 1.77. The summed E-state index contributed by atoms with van der Waals surface area (Å²) in [4.78, 5) is 0. The molecule has 1 aromatic heterocycles. The van der Waals surface area contributed by atoms with Crippen molar-refractivity contribution in [2.45, 2.75) is 20.4 Å². The molecule has 0 amide bonds. The molecule has 0 aliphatic carbocycles. The molecule has 0 radical (unpaired) electrons. The van der Waals surface area contributed by atoms with Crippen LogP contribution in [-0.2, 0) is 6.54 Å². The van der Waals surface area contributed by atoms with Crippen molar-refractivity contribution < 1.29 is 4.74 Å². The van der Waals surface area contributed by atoms with Crippen molar-refractivity contribution in [2.24, 2.45) is 0 Å². The Morgan fingerprint density at radius 3 is 2.46 bits per heavy atom. The molecule has 0 saturated carbocycles. The summed E-state index contributed by atoms with van der Waals surface area (Å²) in [6.45, 7) is 4.37. The number of methoxy groups -OCH3 is 1. The molecule has 5 nitrogen and oxygen atoms in total. The van der Waals surface area contributed by atoms with Crippen LogP contribution < -0.4 is 15.4 Å². The van der Waals surface area contributed by atoms with Crippen molar-refractivity contribution in [1.29, 1.82) is 0 Å². The number of thiocarbonyl (C=S) groups is 1. The minimum atomic E-state index is 0.467. The summed E-state index contributed by atoms with van der Waals surface area (Å²) in [5.74, 6) is 0.754. The Bertz CT molecular complexity index is 999. The minimum absolute atomic E-state index is 0.467. The summed E-state index contributed by atoms with van der Waals surface area (Å²) in [6.07, 6.45) is 0. The second-order valence-corrected chi connectivity index (χ2v) is 7.44. The predicted octanol–water partition coefficient (Wildman–Crippen LogP) is 5.67. The Kier molecular flexibility index (Phi) is 6.44. The highest BCUT2D eigenvalue weighted by Gasteiger charge is 2.15. The molecule has 0 spiro atoms. The van der Waals surface area contributed by atoms with Crippen LogP contribution in [0.5, 0.6) is 5.75 Å². The Morgan fingerprint density at radius 1 is 1.11 bits per heavy atom. The van der Waals surface area contributed by atoms with Gasteiger partial charge in [0.15, 0.2) is 5.11 Å². The molecule has 0 fully saturated rings. The van der Waals surface area contributed by atoms with Gasteiger partial charge in [0.25, 0.3) is 0 Å². The van der Waals surface area contributed by atoms with Crippen LogP contribution in [0.3, 0.4) is 0 Å². The highest BCUT2D eigenvalue weighted by Crippen LogP contribution is 2.27. The van der Waals surface area contributed by atoms with Crippen molar-refractivity contribution in [1.82, 2.24) is 9.78 Å². The lowest BCUT2D eigenvalue weighted by molar-refractivity contribution is 0.415. The quantitative estimate of drug-likeness (QED) is 0.506. The van der Waals surface area contributed by atoms with Crippen LogP contribution >= 0.6 is 35.4 Å². The van der Waals surface area contributed by atoms with E-state index < -0.39 is 0 Å². The fraction of sp³-hybridized carbons (Fsp3) is 0.200. The van der Waals surface area contributed by atoms with E-state index in [0.717, 1.165) is 34.1 Å². The molecular weight excluding hydrogens is 415 g/mol. The summed E-state index contributed by atoms with van der Waals surface area (Å²) in [5, 5.41) is 12.7. The van der Waals surface area contributed by atoms with Gasteiger partial charge in [-0.15, -0.1) is 0 Å². The van der Waals surface area contributed by atoms with E-state index in [1.165, 1.54) is 0 Å². The maximum Gasteiger partial charge on any atom is 0.175 e. The lowest BCUT2D eigenvalue weighted by atomic mass is 10.2. The maximum absolute atomic E-state index is 6.30. The molecule has 0 aliphatic rings. The molecule has 2 N–H and O–H groups in total. The van der Waals surface area contributed by atoms with Crippen LogP contribution in [0.1, 0.15) is 17.0 Å². The summed E-state index contributed by atoms with van der Waals surface area (Å²) < 4.78 is 7.09. The first-order chi connectivity index (χ1) is 13.4. The summed E-state index contributed by atoms with van der Waals surface area (Å²) >= 11 is 18.0. The second-order valence-electron chi connectivity index (χ2n) is 6.21. The summed E-state index contributed by atoms with van der Waals surface area (Å²) in [5.41, 5.74) is 4.28. The molecule has 0 atom stereocenters. The molecule has 0 aliphatic heterocycles. The molecule has 0 bridgehead atoms. The first-order valence-electron chi connectivity index (χ1n) is 8.58. The third-order valence-electron chi connectivity index (χ3n) is 4.32. The van der Waals surface area contributed by atoms with Gasteiger partial charge in [-0.2, -0.15) is 5.10 Å². The van der Waals surface area contributed by atoms with Crippen LogP contribution in [0.2, 0.25) is 10.0 Å². The molecular formula is C20H20Cl2N4OS. The van der Waals surface area contributed by atoms with E-state index in [4.69, 9.17) is 40.2 Å². The van der Waals surface area contributed by atoms with Gasteiger partial charge >= 0.3 is 0 Å².